The van der Waals surface area contributed by atoms with E-state index in [1.54, 1.807) is 6.20 Å². The molecule has 112 valence electrons. The Morgan fingerprint density at radius 3 is 2.33 bits per heavy atom. The highest BCUT2D eigenvalue weighted by molar-refractivity contribution is 6.29. The summed E-state index contributed by atoms with van der Waals surface area (Å²) in [5.41, 5.74) is 3.60. The fourth-order valence-corrected chi connectivity index (χ4v) is 2.36. The first-order valence-electron chi connectivity index (χ1n) is 7.37. The second-order valence-electron chi connectivity index (χ2n) is 5.00. The van der Waals surface area contributed by atoms with E-state index in [1.807, 2.05) is 12.1 Å². The summed E-state index contributed by atoms with van der Waals surface area (Å²) < 4.78 is 0. The minimum Gasteiger partial charge on any atom is -0.381 e. The van der Waals surface area contributed by atoms with Gasteiger partial charge in [0.25, 0.3) is 0 Å². The molecule has 0 saturated heterocycles. The van der Waals surface area contributed by atoms with Gasteiger partial charge in [0.15, 0.2) is 0 Å². The highest BCUT2D eigenvalue weighted by Gasteiger charge is 2.01. The van der Waals surface area contributed by atoms with Gasteiger partial charge < -0.3 is 5.32 Å². The molecule has 1 N–H and O–H groups in total. The number of halogens is 1. The number of benzene rings is 1. The Hall–Kier alpha value is -1.58. The topological polar surface area (TPSA) is 28.2 Å². The van der Waals surface area contributed by atoms with Crippen LogP contribution in [0, 0.1) is 0 Å². The molecule has 0 fully saturated rings. The molecule has 1 aromatic carbocycles. The lowest BCUT2D eigenvalue weighted by Gasteiger charge is -2.18. The SMILES string of the molecule is CCN(CC)Cc1ccc(CNc2ccnc(Cl)c2)cc1. The third-order valence-corrected chi connectivity index (χ3v) is 3.75. The van der Waals surface area contributed by atoms with Gasteiger partial charge in [-0.15, -0.1) is 0 Å². The van der Waals surface area contributed by atoms with Gasteiger partial charge in [-0.1, -0.05) is 49.7 Å². The minimum absolute atomic E-state index is 0.509. The summed E-state index contributed by atoms with van der Waals surface area (Å²) in [7, 11) is 0. The number of aromatic nitrogens is 1. The van der Waals surface area contributed by atoms with E-state index in [4.69, 9.17) is 11.6 Å². The predicted molar refractivity (Wildman–Crippen MR) is 89.6 cm³/mol. The average Bonchev–Trinajstić information content (AvgIpc) is 2.52. The van der Waals surface area contributed by atoms with Crippen molar-refractivity contribution in [3.63, 3.8) is 0 Å². The summed E-state index contributed by atoms with van der Waals surface area (Å²) in [5.74, 6) is 0. The molecule has 0 amide bonds. The first kappa shape index (κ1) is 15.8. The molecule has 0 unspecified atom stereocenters. The summed E-state index contributed by atoms with van der Waals surface area (Å²) in [6, 6.07) is 12.5. The van der Waals surface area contributed by atoms with Crippen LogP contribution in [0.5, 0.6) is 0 Å². The summed E-state index contributed by atoms with van der Waals surface area (Å²) in [5, 5.41) is 3.86. The highest BCUT2D eigenvalue weighted by atomic mass is 35.5. The van der Waals surface area contributed by atoms with Gasteiger partial charge in [-0.3, -0.25) is 4.90 Å². The van der Waals surface area contributed by atoms with E-state index < -0.39 is 0 Å². The number of hydrogen-bond donors (Lipinski definition) is 1. The Morgan fingerprint density at radius 1 is 1.05 bits per heavy atom. The standard InChI is InChI=1S/C17H22ClN3/c1-3-21(4-2)13-15-7-5-14(6-8-15)12-20-16-9-10-19-17(18)11-16/h5-11H,3-4,12-13H2,1-2H3,(H,19,20). The second-order valence-corrected chi connectivity index (χ2v) is 5.39. The van der Waals surface area contributed by atoms with Gasteiger partial charge in [0.2, 0.25) is 0 Å². The van der Waals surface area contributed by atoms with Gasteiger partial charge in [0.05, 0.1) is 0 Å². The van der Waals surface area contributed by atoms with Crippen molar-refractivity contribution in [2.45, 2.75) is 26.9 Å². The maximum absolute atomic E-state index is 5.87. The second kappa shape index (κ2) is 8.01. The molecule has 0 spiro atoms. The van der Waals surface area contributed by atoms with Crippen LogP contribution in [0.15, 0.2) is 42.6 Å². The molecule has 2 rings (SSSR count). The van der Waals surface area contributed by atoms with Crippen molar-refractivity contribution >= 4 is 17.3 Å². The molecule has 3 nitrogen and oxygen atoms in total. The van der Waals surface area contributed by atoms with E-state index in [0.29, 0.717) is 5.15 Å². The average molecular weight is 304 g/mol. The first-order valence-corrected chi connectivity index (χ1v) is 7.74. The van der Waals surface area contributed by atoms with Gasteiger partial charge in [-0.25, -0.2) is 4.98 Å². The molecule has 0 bridgehead atoms. The van der Waals surface area contributed by atoms with Crippen molar-refractivity contribution in [2.75, 3.05) is 18.4 Å². The normalized spacial score (nSPS) is 10.9. The summed E-state index contributed by atoms with van der Waals surface area (Å²) in [6.07, 6.45) is 1.71. The molecule has 4 heteroatoms. The Balaban J connectivity index is 1.90. The van der Waals surface area contributed by atoms with E-state index in [-0.39, 0.29) is 0 Å². The fourth-order valence-electron chi connectivity index (χ4n) is 2.18. The molecule has 0 radical (unpaired) electrons. The minimum atomic E-state index is 0.509. The van der Waals surface area contributed by atoms with Crippen molar-refractivity contribution < 1.29 is 0 Å². The lowest BCUT2D eigenvalue weighted by molar-refractivity contribution is 0.296. The smallest absolute Gasteiger partial charge is 0.131 e. The lowest BCUT2D eigenvalue weighted by atomic mass is 10.1. The number of anilines is 1. The van der Waals surface area contributed by atoms with Crippen LogP contribution in [-0.2, 0) is 13.1 Å². The zero-order valence-corrected chi connectivity index (χ0v) is 13.4. The van der Waals surface area contributed by atoms with Crippen LogP contribution < -0.4 is 5.32 Å². The van der Waals surface area contributed by atoms with Crippen molar-refractivity contribution in [2.24, 2.45) is 0 Å². The molecule has 0 saturated carbocycles. The Morgan fingerprint density at radius 2 is 1.71 bits per heavy atom. The van der Waals surface area contributed by atoms with Crippen LogP contribution in [0.2, 0.25) is 5.15 Å². The third kappa shape index (κ3) is 5.03. The van der Waals surface area contributed by atoms with Crippen molar-refractivity contribution in [1.82, 2.24) is 9.88 Å². The zero-order valence-electron chi connectivity index (χ0n) is 12.6. The van der Waals surface area contributed by atoms with E-state index in [2.05, 4.69) is 53.3 Å². The fraction of sp³-hybridized carbons (Fsp3) is 0.353. The van der Waals surface area contributed by atoms with Crippen molar-refractivity contribution in [3.8, 4) is 0 Å². The van der Waals surface area contributed by atoms with E-state index in [0.717, 1.165) is 31.9 Å². The summed E-state index contributed by atoms with van der Waals surface area (Å²) in [6.45, 7) is 8.36. The van der Waals surface area contributed by atoms with E-state index in [9.17, 15) is 0 Å². The van der Waals surface area contributed by atoms with Crippen LogP contribution in [0.25, 0.3) is 0 Å². The lowest BCUT2D eigenvalue weighted by Crippen LogP contribution is -2.22. The monoisotopic (exact) mass is 303 g/mol. The molecular weight excluding hydrogens is 282 g/mol. The molecule has 0 aliphatic carbocycles. The molecule has 2 aromatic rings. The number of rotatable bonds is 7. The van der Waals surface area contributed by atoms with E-state index >= 15 is 0 Å². The van der Waals surface area contributed by atoms with Gasteiger partial charge in [0, 0.05) is 25.0 Å². The maximum atomic E-state index is 5.87. The van der Waals surface area contributed by atoms with Crippen LogP contribution in [-0.4, -0.2) is 23.0 Å². The Bertz CT molecular complexity index is 550. The molecule has 0 aliphatic heterocycles. The van der Waals surface area contributed by atoms with Crippen molar-refractivity contribution in [1.29, 1.82) is 0 Å². The van der Waals surface area contributed by atoms with Crippen molar-refractivity contribution in [3.05, 3.63) is 58.9 Å². The molecule has 1 aromatic heterocycles. The first-order chi connectivity index (χ1) is 10.2. The molecule has 0 aliphatic rings. The van der Waals surface area contributed by atoms with Crippen LogP contribution >= 0.6 is 11.6 Å². The van der Waals surface area contributed by atoms with Crippen LogP contribution in [0.4, 0.5) is 5.69 Å². The summed E-state index contributed by atoms with van der Waals surface area (Å²) in [4.78, 5) is 6.38. The maximum Gasteiger partial charge on any atom is 0.131 e. The largest absolute Gasteiger partial charge is 0.381 e. The number of nitrogens with one attached hydrogen (secondary N) is 1. The third-order valence-electron chi connectivity index (χ3n) is 3.55. The predicted octanol–water partition coefficient (Wildman–Crippen LogP) is 4.19. The van der Waals surface area contributed by atoms with Gasteiger partial charge in [0.1, 0.15) is 5.15 Å². The Labute approximate surface area is 132 Å². The van der Waals surface area contributed by atoms with Crippen LogP contribution in [0.1, 0.15) is 25.0 Å². The molecular formula is C17H22ClN3. The quantitative estimate of drug-likeness (QED) is 0.777. The zero-order chi connectivity index (χ0) is 15.1. The summed E-state index contributed by atoms with van der Waals surface area (Å²) >= 11 is 5.87. The molecule has 21 heavy (non-hydrogen) atoms. The number of pyridine rings is 1. The van der Waals surface area contributed by atoms with Crippen LogP contribution in [0.3, 0.4) is 0 Å². The van der Waals surface area contributed by atoms with Gasteiger partial charge >= 0.3 is 0 Å². The molecule has 1 heterocycles. The number of nitrogens with zero attached hydrogens (tertiary/aromatic N) is 2. The Kier molecular flexibility index (Phi) is 6.03. The number of hydrogen-bond acceptors (Lipinski definition) is 3. The highest BCUT2D eigenvalue weighted by Crippen LogP contribution is 2.14. The van der Waals surface area contributed by atoms with Gasteiger partial charge in [-0.2, -0.15) is 0 Å². The van der Waals surface area contributed by atoms with E-state index in [1.165, 1.54) is 11.1 Å². The molecule has 0 atom stereocenters. The van der Waals surface area contributed by atoms with Gasteiger partial charge in [-0.05, 0) is 36.3 Å².